The van der Waals surface area contributed by atoms with Crippen molar-refractivity contribution in [2.24, 2.45) is 11.8 Å². The maximum atomic E-state index is 11.8. The summed E-state index contributed by atoms with van der Waals surface area (Å²) in [6, 6.07) is 0. The number of hydrogen-bond acceptors (Lipinski definition) is 6. The summed E-state index contributed by atoms with van der Waals surface area (Å²) in [6.07, 6.45) is 3.89. The Morgan fingerprint density at radius 2 is 1.74 bits per heavy atom. The predicted octanol–water partition coefficient (Wildman–Crippen LogP) is 3.16. The van der Waals surface area contributed by atoms with E-state index in [2.05, 4.69) is 0 Å². The van der Waals surface area contributed by atoms with E-state index < -0.39 is 0 Å². The molecule has 23 heavy (non-hydrogen) atoms. The third-order valence-corrected chi connectivity index (χ3v) is 3.59. The number of esters is 1. The Hall–Kier alpha value is -1.40. The third kappa shape index (κ3) is 8.71. The van der Waals surface area contributed by atoms with E-state index in [0.717, 1.165) is 24.8 Å². The lowest BCUT2D eigenvalue weighted by molar-refractivity contribution is -0.145. The number of carbonyl (C=O) groups excluding carboxylic acids is 1. The molecule has 1 atom stereocenters. The van der Waals surface area contributed by atoms with Crippen LogP contribution in [0.4, 0.5) is 0 Å². The summed E-state index contributed by atoms with van der Waals surface area (Å²) in [5, 5.41) is 7.84. The van der Waals surface area contributed by atoms with Gasteiger partial charge in [-0.05, 0) is 38.2 Å². The minimum absolute atomic E-state index is 0.0621. The summed E-state index contributed by atoms with van der Waals surface area (Å²) >= 11 is 0. The van der Waals surface area contributed by atoms with Crippen LogP contribution in [0.1, 0.15) is 40.0 Å². The van der Waals surface area contributed by atoms with Gasteiger partial charge in [-0.3, -0.25) is 10.2 Å². The van der Waals surface area contributed by atoms with E-state index in [1.807, 2.05) is 20.8 Å². The van der Waals surface area contributed by atoms with Crippen LogP contribution in [0.15, 0.2) is 11.6 Å². The first-order valence-corrected chi connectivity index (χ1v) is 7.90. The van der Waals surface area contributed by atoms with Crippen molar-refractivity contribution in [3.63, 3.8) is 0 Å². The lowest BCUT2D eigenvalue weighted by Gasteiger charge is -2.19. The minimum Gasteiger partial charge on any atom is -0.478 e. The van der Waals surface area contributed by atoms with Crippen molar-refractivity contribution in [2.75, 3.05) is 27.9 Å². The van der Waals surface area contributed by atoms with E-state index in [4.69, 9.17) is 24.4 Å². The Morgan fingerprint density at radius 3 is 2.22 bits per heavy atom. The Morgan fingerprint density at radius 1 is 1.13 bits per heavy atom. The fraction of sp³-hybridized carbons (Fsp3) is 0.765. The molecule has 0 radical (unpaired) electrons. The number of nitrogens with one attached hydrogen (secondary N) is 1. The molecule has 0 spiro atoms. The number of carbonyl (C=O) groups is 1. The summed E-state index contributed by atoms with van der Waals surface area (Å²) in [4.78, 5) is 11.8. The molecule has 0 heterocycles. The molecule has 0 aromatic heterocycles. The zero-order valence-corrected chi connectivity index (χ0v) is 15.2. The van der Waals surface area contributed by atoms with Crippen LogP contribution < -0.4 is 0 Å². The van der Waals surface area contributed by atoms with E-state index in [1.165, 1.54) is 7.11 Å². The zero-order chi connectivity index (χ0) is 17.8. The first-order chi connectivity index (χ1) is 10.9. The van der Waals surface area contributed by atoms with Crippen LogP contribution in [0.3, 0.4) is 0 Å². The zero-order valence-electron chi connectivity index (χ0n) is 15.2. The average Bonchev–Trinajstić information content (AvgIpc) is 2.50. The molecule has 0 saturated carbocycles. The maximum absolute atomic E-state index is 11.8. The van der Waals surface area contributed by atoms with Crippen LogP contribution in [-0.2, 0) is 23.7 Å². The molecule has 0 fully saturated rings. The molecular formula is C17H31NO5. The molecule has 134 valence electrons. The average molecular weight is 329 g/mol. The van der Waals surface area contributed by atoms with Gasteiger partial charge in [0, 0.05) is 14.2 Å². The fourth-order valence-electron chi connectivity index (χ4n) is 2.38. The van der Waals surface area contributed by atoms with Crippen molar-refractivity contribution in [2.45, 2.75) is 46.3 Å². The summed E-state index contributed by atoms with van der Waals surface area (Å²) in [7, 11) is 4.60. The topological polar surface area (TPSA) is 77.8 Å². The summed E-state index contributed by atoms with van der Waals surface area (Å²) in [6.45, 7) is 6.17. The van der Waals surface area contributed by atoms with Gasteiger partial charge in [0.15, 0.2) is 6.29 Å². The molecule has 0 aromatic carbocycles. The van der Waals surface area contributed by atoms with Crippen LogP contribution in [0.25, 0.3) is 0 Å². The van der Waals surface area contributed by atoms with Crippen molar-refractivity contribution in [1.82, 2.24) is 0 Å². The van der Waals surface area contributed by atoms with Gasteiger partial charge in [0.2, 0.25) is 5.90 Å². The molecule has 0 bridgehead atoms. The van der Waals surface area contributed by atoms with Gasteiger partial charge in [-0.15, -0.1) is 0 Å². The smallest absolute Gasteiger partial charge is 0.313 e. The van der Waals surface area contributed by atoms with Gasteiger partial charge in [0.1, 0.15) is 0 Å². The molecule has 6 heteroatoms. The second-order valence-electron chi connectivity index (χ2n) is 5.74. The highest BCUT2D eigenvalue weighted by molar-refractivity contribution is 5.87. The number of rotatable bonds is 11. The first kappa shape index (κ1) is 21.6. The molecule has 0 aliphatic heterocycles. The van der Waals surface area contributed by atoms with E-state index in [0.29, 0.717) is 6.61 Å². The number of unbranched alkanes of at least 4 members (excludes halogenated alkanes) is 1. The molecule has 1 unspecified atom stereocenters. The number of hydrogen-bond donors (Lipinski definition) is 1. The van der Waals surface area contributed by atoms with Gasteiger partial charge in [0.05, 0.1) is 19.6 Å². The van der Waals surface area contributed by atoms with Gasteiger partial charge in [-0.2, -0.15) is 0 Å². The van der Waals surface area contributed by atoms with Gasteiger partial charge in [0.25, 0.3) is 0 Å². The molecule has 6 nitrogen and oxygen atoms in total. The van der Waals surface area contributed by atoms with Crippen LogP contribution in [0.2, 0.25) is 0 Å². The molecule has 0 amide bonds. The van der Waals surface area contributed by atoms with Gasteiger partial charge in [-0.25, -0.2) is 0 Å². The Labute approximate surface area is 139 Å². The van der Waals surface area contributed by atoms with E-state index in [-0.39, 0.29) is 30.0 Å². The predicted molar refractivity (Wildman–Crippen MR) is 89.4 cm³/mol. The molecule has 1 N–H and O–H groups in total. The van der Waals surface area contributed by atoms with Gasteiger partial charge in [-0.1, -0.05) is 19.4 Å². The van der Waals surface area contributed by atoms with Crippen LogP contribution in [0, 0.1) is 17.2 Å². The third-order valence-electron chi connectivity index (χ3n) is 3.59. The second-order valence-corrected chi connectivity index (χ2v) is 5.74. The lowest BCUT2D eigenvalue weighted by Crippen LogP contribution is -2.23. The fourth-order valence-corrected chi connectivity index (χ4v) is 2.38. The molecule has 0 saturated heterocycles. The highest BCUT2D eigenvalue weighted by Crippen LogP contribution is 2.21. The van der Waals surface area contributed by atoms with Gasteiger partial charge < -0.3 is 18.9 Å². The van der Waals surface area contributed by atoms with E-state index >= 15 is 0 Å². The maximum Gasteiger partial charge on any atom is 0.313 e. The molecular weight excluding hydrogens is 298 g/mol. The van der Waals surface area contributed by atoms with E-state index in [9.17, 15) is 4.79 Å². The molecule has 0 rings (SSSR count). The van der Waals surface area contributed by atoms with Crippen molar-refractivity contribution < 1.29 is 23.7 Å². The lowest BCUT2D eigenvalue weighted by atomic mass is 9.89. The van der Waals surface area contributed by atoms with Crippen LogP contribution in [0.5, 0.6) is 0 Å². The molecule has 0 aliphatic carbocycles. The normalized spacial score (nSPS) is 13.3. The molecule has 0 aromatic rings. The Balaban J connectivity index is 4.27. The highest BCUT2D eigenvalue weighted by atomic mass is 16.7. The standard InChI is InChI=1S/C17H31NO5/c1-12(2)16(17(19)22-6)13(3)11-14(18)23-10-8-7-9-15(20-4)21-5/h11-12,15-16,18H,7-10H2,1-6H3/b13-11+,18-14?. The minimum atomic E-state index is -0.354. The van der Waals surface area contributed by atoms with Crippen molar-refractivity contribution in [3.8, 4) is 0 Å². The second kappa shape index (κ2) is 12.1. The summed E-state index contributed by atoms with van der Waals surface area (Å²) < 4.78 is 20.4. The highest BCUT2D eigenvalue weighted by Gasteiger charge is 2.24. The monoisotopic (exact) mass is 329 g/mol. The van der Waals surface area contributed by atoms with Gasteiger partial charge >= 0.3 is 5.97 Å². The Kier molecular flexibility index (Phi) is 11.3. The number of methoxy groups -OCH3 is 3. The number of ether oxygens (including phenoxy) is 4. The Bertz CT molecular complexity index is 388. The molecule has 0 aliphatic rings. The van der Waals surface area contributed by atoms with Crippen molar-refractivity contribution in [3.05, 3.63) is 11.6 Å². The SMILES string of the molecule is COC(=O)C(/C(C)=C/C(=N)OCCCCC(OC)OC)C(C)C. The summed E-state index contributed by atoms with van der Waals surface area (Å²) in [5.74, 6) is -0.474. The van der Waals surface area contributed by atoms with Crippen molar-refractivity contribution >= 4 is 11.9 Å². The summed E-state index contributed by atoms with van der Waals surface area (Å²) in [5.41, 5.74) is 0.774. The van der Waals surface area contributed by atoms with Crippen LogP contribution in [-0.4, -0.2) is 46.1 Å². The largest absolute Gasteiger partial charge is 0.478 e. The van der Waals surface area contributed by atoms with E-state index in [1.54, 1.807) is 20.3 Å². The quantitative estimate of drug-likeness (QED) is 0.207. The van der Waals surface area contributed by atoms with Crippen molar-refractivity contribution in [1.29, 1.82) is 5.41 Å². The first-order valence-electron chi connectivity index (χ1n) is 7.90. The van der Waals surface area contributed by atoms with Crippen LogP contribution >= 0.6 is 0 Å².